The third kappa shape index (κ3) is 10.1. The molecule has 2 N–H and O–H groups in total. The van der Waals surface area contributed by atoms with Gasteiger partial charge >= 0.3 is 7.60 Å². The van der Waals surface area contributed by atoms with E-state index in [9.17, 15) is 14.4 Å². The lowest BCUT2D eigenvalue weighted by molar-refractivity contribution is 0.387. The van der Waals surface area contributed by atoms with Crippen LogP contribution in [-0.4, -0.2) is 9.79 Å². The van der Waals surface area contributed by atoms with Crippen LogP contribution >= 0.6 is 7.60 Å². The van der Waals surface area contributed by atoms with E-state index >= 15 is 0 Å². The van der Waals surface area contributed by atoms with Crippen molar-refractivity contribution < 1.29 is 14.4 Å². The van der Waals surface area contributed by atoms with E-state index in [1.54, 1.807) is 6.07 Å². The van der Waals surface area contributed by atoms with Crippen LogP contribution in [0.3, 0.4) is 0 Å². The van der Waals surface area contributed by atoms with Gasteiger partial charge in [-0.25, -0.2) is 0 Å². The SMILES string of the molecule is CCCCCCCCCc1ccccc1-c1cccc(P(=O)(O)O)c1CCCCCCCCC. The lowest BCUT2D eigenvalue weighted by atomic mass is 9.90. The summed E-state index contributed by atoms with van der Waals surface area (Å²) in [6, 6.07) is 13.9. The van der Waals surface area contributed by atoms with Gasteiger partial charge in [0.2, 0.25) is 0 Å². The first-order valence-corrected chi connectivity index (χ1v) is 15.4. The number of benzene rings is 2. The van der Waals surface area contributed by atoms with Gasteiger partial charge in [-0.05, 0) is 54.0 Å². The highest BCUT2D eigenvalue weighted by Gasteiger charge is 2.24. The molecule has 0 heterocycles. The predicted molar refractivity (Wildman–Crippen MR) is 147 cm³/mol. The third-order valence-corrected chi connectivity index (χ3v) is 7.90. The molecule has 2 aromatic carbocycles. The molecule has 3 nitrogen and oxygen atoms in total. The van der Waals surface area contributed by atoms with Gasteiger partial charge in [0, 0.05) is 0 Å². The van der Waals surface area contributed by atoms with Crippen LogP contribution in [-0.2, 0) is 17.4 Å². The number of unbranched alkanes of at least 4 members (excludes halogenated alkanes) is 12. The third-order valence-electron chi connectivity index (χ3n) is 6.85. The van der Waals surface area contributed by atoms with E-state index in [-0.39, 0.29) is 5.30 Å². The van der Waals surface area contributed by atoms with E-state index in [4.69, 9.17) is 0 Å². The Kier molecular flexibility index (Phi) is 13.8. The van der Waals surface area contributed by atoms with Crippen molar-refractivity contribution in [2.24, 2.45) is 0 Å². The second-order valence-electron chi connectivity index (χ2n) is 9.75. The minimum atomic E-state index is -4.33. The van der Waals surface area contributed by atoms with Gasteiger partial charge in [-0.3, -0.25) is 4.57 Å². The van der Waals surface area contributed by atoms with Crippen LogP contribution < -0.4 is 5.30 Å². The van der Waals surface area contributed by atoms with Crippen molar-refractivity contribution >= 4 is 12.9 Å². The standard InChI is InChI=1S/C30H47O3P/c1-3-5-7-9-11-13-15-20-26-21-17-18-22-27(26)28-24-19-25-30(34(31,32)33)29(28)23-16-14-12-10-8-6-4-2/h17-19,21-22,24-25H,3-16,20,23H2,1-2H3,(H2,31,32,33). The normalized spacial score (nSPS) is 11.8. The Morgan fingerprint density at radius 3 is 1.68 bits per heavy atom. The molecule has 2 rings (SSSR count). The molecule has 0 aliphatic carbocycles. The largest absolute Gasteiger partial charge is 0.356 e. The maximum Gasteiger partial charge on any atom is 0.356 e. The number of hydrogen-bond acceptors (Lipinski definition) is 1. The van der Waals surface area contributed by atoms with Crippen LogP contribution in [0.4, 0.5) is 0 Å². The summed E-state index contributed by atoms with van der Waals surface area (Å²) >= 11 is 0. The van der Waals surface area contributed by atoms with E-state index in [0.717, 1.165) is 48.8 Å². The fraction of sp³-hybridized carbons (Fsp3) is 0.600. The minimum absolute atomic E-state index is 0.210. The van der Waals surface area contributed by atoms with Crippen LogP contribution in [0.15, 0.2) is 42.5 Å². The van der Waals surface area contributed by atoms with Gasteiger partial charge in [-0.15, -0.1) is 0 Å². The molecule has 0 atom stereocenters. The van der Waals surface area contributed by atoms with E-state index in [2.05, 4.69) is 38.1 Å². The van der Waals surface area contributed by atoms with Gasteiger partial charge < -0.3 is 9.79 Å². The summed E-state index contributed by atoms with van der Waals surface area (Å²) in [6.07, 6.45) is 19.1. The summed E-state index contributed by atoms with van der Waals surface area (Å²) in [5, 5.41) is 0.210. The molecule has 0 aliphatic heterocycles. The molecule has 190 valence electrons. The Morgan fingerprint density at radius 2 is 1.09 bits per heavy atom. The molecule has 0 saturated heterocycles. The molecule has 34 heavy (non-hydrogen) atoms. The van der Waals surface area contributed by atoms with Gasteiger partial charge in [-0.2, -0.15) is 0 Å². The van der Waals surface area contributed by atoms with Crippen molar-refractivity contribution in [2.75, 3.05) is 0 Å². The molecule has 0 aliphatic rings. The zero-order chi connectivity index (χ0) is 24.7. The van der Waals surface area contributed by atoms with Crippen LogP contribution in [0, 0.1) is 0 Å². The number of hydrogen-bond donors (Lipinski definition) is 2. The van der Waals surface area contributed by atoms with Crippen molar-refractivity contribution in [1.82, 2.24) is 0 Å². The quantitative estimate of drug-likeness (QED) is 0.164. The van der Waals surface area contributed by atoms with Gasteiger partial charge in [0.05, 0.1) is 5.30 Å². The molecule has 4 heteroatoms. The van der Waals surface area contributed by atoms with Gasteiger partial charge in [0.15, 0.2) is 0 Å². The number of aryl methyl sites for hydroxylation is 1. The van der Waals surface area contributed by atoms with Gasteiger partial charge in [0.25, 0.3) is 0 Å². The average molecular weight is 487 g/mol. The fourth-order valence-corrected chi connectivity index (χ4v) is 5.76. The summed E-state index contributed by atoms with van der Waals surface area (Å²) in [4.78, 5) is 20.2. The molecule has 0 radical (unpaired) electrons. The summed E-state index contributed by atoms with van der Waals surface area (Å²) in [6.45, 7) is 4.48. The smallest absolute Gasteiger partial charge is 0.321 e. The van der Waals surface area contributed by atoms with Gasteiger partial charge in [0.1, 0.15) is 0 Å². The van der Waals surface area contributed by atoms with E-state index in [1.165, 1.54) is 76.2 Å². The van der Waals surface area contributed by atoms with E-state index in [1.807, 2.05) is 12.1 Å². The van der Waals surface area contributed by atoms with Crippen LogP contribution in [0.2, 0.25) is 0 Å². The molecule has 0 aromatic heterocycles. The van der Waals surface area contributed by atoms with Crippen LogP contribution in [0.25, 0.3) is 11.1 Å². The van der Waals surface area contributed by atoms with Crippen molar-refractivity contribution in [3.05, 3.63) is 53.6 Å². The average Bonchev–Trinajstić information content (AvgIpc) is 2.82. The summed E-state index contributed by atoms with van der Waals surface area (Å²) in [7, 11) is -4.33. The lowest BCUT2D eigenvalue weighted by Crippen LogP contribution is -2.13. The molecular weight excluding hydrogens is 439 g/mol. The Morgan fingerprint density at radius 1 is 0.588 bits per heavy atom. The highest BCUT2D eigenvalue weighted by molar-refractivity contribution is 7.60. The first kappa shape index (κ1) is 28.8. The minimum Gasteiger partial charge on any atom is -0.321 e. The Balaban J connectivity index is 2.13. The van der Waals surface area contributed by atoms with Crippen molar-refractivity contribution in [3.8, 4) is 11.1 Å². The predicted octanol–water partition coefficient (Wildman–Crippen LogP) is 8.74. The zero-order valence-corrected chi connectivity index (χ0v) is 22.5. The Hall–Kier alpha value is -1.41. The molecule has 2 aromatic rings. The topological polar surface area (TPSA) is 57.5 Å². The zero-order valence-electron chi connectivity index (χ0n) is 21.6. The maximum absolute atomic E-state index is 12.3. The molecule has 0 spiro atoms. The second-order valence-corrected chi connectivity index (χ2v) is 11.3. The molecule has 0 bridgehead atoms. The first-order chi connectivity index (χ1) is 16.5. The van der Waals surface area contributed by atoms with Crippen LogP contribution in [0.5, 0.6) is 0 Å². The summed E-state index contributed by atoms with van der Waals surface area (Å²) in [5.41, 5.74) is 4.28. The van der Waals surface area contributed by atoms with Gasteiger partial charge in [-0.1, -0.05) is 127 Å². The van der Waals surface area contributed by atoms with Crippen molar-refractivity contribution in [2.45, 2.75) is 117 Å². The molecule has 0 saturated carbocycles. The lowest BCUT2D eigenvalue weighted by Gasteiger charge is -2.18. The van der Waals surface area contributed by atoms with E-state index < -0.39 is 7.60 Å². The highest BCUT2D eigenvalue weighted by Crippen LogP contribution is 2.39. The Bertz CT molecular complexity index is 871. The highest BCUT2D eigenvalue weighted by atomic mass is 31.2. The summed E-state index contributed by atoms with van der Waals surface area (Å²) in [5.74, 6) is 0. The monoisotopic (exact) mass is 486 g/mol. The summed E-state index contributed by atoms with van der Waals surface area (Å²) < 4.78 is 12.3. The molecular formula is C30H47O3P. The molecule has 0 fully saturated rings. The van der Waals surface area contributed by atoms with Crippen LogP contribution in [0.1, 0.15) is 115 Å². The molecule has 0 unspecified atom stereocenters. The number of rotatable bonds is 18. The fourth-order valence-electron chi connectivity index (χ4n) is 4.90. The van der Waals surface area contributed by atoms with Crippen molar-refractivity contribution in [1.29, 1.82) is 0 Å². The first-order valence-electron chi connectivity index (χ1n) is 13.7. The Labute approximate surface area is 208 Å². The van der Waals surface area contributed by atoms with Crippen molar-refractivity contribution in [3.63, 3.8) is 0 Å². The van der Waals surface area contributed by atoms with E-state index in [0.29, 0.717) is 0 Å². The second kappa shape index (κ2) is 16.3. The maximum atomic E-state index is 12.3. The molecule has 0 amide bonds.